The molecule has 0 aliphatic carbocycles. The topological polar surface area (TPSA) is 58.2 Å². The van der Waals surface area contributed by atoms with Crippen LogP contribution in [0.15, 0.2) is 23.4 Å². The van der Waals surface area contributed by atoms with Gasteiger partial charge in [-0.15, -0.1) is 0 Å². The number of benzene rings is 1. The van der Waals surface area contributed by atoms with Crippen LogP contribution in [-0.2, 0) is 4.79 Å². The van der Waals surface area contributed by atoms with Gasteiger partial charge in [-0.3, -0.25) is 4.79 Å². The molecule has 2 atom stereocenters. The SMILES string of the molecule is COc1ccc2nc(S[C@H](C(=O)N3CCCC[C@@H]3C)C(C)C)[nH]c2c1. The number of H-pyrrole nitrogens is 1. The highest BCUT2D eigenvalue weighted by Gasteiger charge is 2.32. The maximum Gasteiger partial charge on any atom is 0.236 e. The number of piperidine rings is 1. The number of aromatic amines is 1. The molecule has 1 N–H and O–H groups in total. The predicted molar refractivity (Wildman–Crippen MR) is 102 cm³/mol. The van der Waals surface area contributed by atoms with Crippen LogP contribution in [0.2, 0.25) is 0 Å². The minimum atomic E-state index is -0.122. The zero-order chi connectivity index (χ0) is 18.0. The fourth-order valence-electron chi connectivity index (χ4n) is 3.33. The molecule has 0 saturated carbocycles. The molecule has 25 heavy (non-hydrogen) atoms. The second kappa shape index (κ2) is 7.68. The molecule has 1 aromatic carbocycles. The van der Waals surface area contributed by atoms with Gasteiger partial charge >= 0.3 is 0 Å². The first-order chi connectivity index (χ1) is 12.0. The summed E-state index contributed by atoms with van der Waals surface area (Å²) in [6.45, 7) is 7.25. The average Bonchev–Trinajstić information content (AvgIpc) is 3.00. The lowest BCUT2D eigenvalue weighted by Crippen LogP contribution is -2.47. The summed E-state index contributed by atoms with van der Waals surface area (Å²) in [6, 6.07) is 6.11. The molecule has 0 radical (unpaired) electrons. The van der Waals surface area contributed by atoms with Crippen molar-refractivity contribution in [1.82, 2.24) is 14.9 Å². The molecule has 6 heteroatoms. The van der Waals surface area contributed by atoms with Gasteiger partial charge in [0.25, 0.3) is 0 Å². The summed E-state index contributed by atoms with van der Waals surface area (Å²) in [5.74, 6) is 1.28. The lowest BCUT2D eigenvalue weighted by atomic mass is 10.0. The molecule has 0 unspecified atom stereocenters. The molecule has 0 bridgehead atoms. The van der Waals surface area contributed by atoms with E-state index in [1.54, 1.807) is 18.9 Å². The molecule has 3 rings (SSSR count). The molecule has 1 saturated heterocycles. The number of nitrogens with one attached hydrogen (secondary N) is 1. The number of nitrogens with zero attached hydrogens (tertiary/aromatic N) is 2. The Morgan fingerprint density at radius 2 is 2.20 bits per heavy atom. The van der Waals surface area contributed by atoms with Gasteiger partial charge in [0, 0.05) is 18.7 Å². The van der Waals surface area contributed by atoms with E-state index in [0.29, 0.717) is 6.04 Å². The van der Waals surface area contributed by atoms with Gasteiger partial charge in [-0.05, 0) is 44.2 Å². The van der Waals surface area contributed by atoms with E-state index in [2.05, 4.69) is 35.6 Å². The fourth-order valence-corrected chi connectivity index (χ4v) is 4.40. The van der Waals surface area contributed by atoms with Crippen molar-refractivity contribution in [2.24, 2.45) is 5.92 Å². The first kappa shape index (κ1) is 18.1. The maximum atomic E-state index is 13.1. The van der Waals surface area contributed by atoms with E-state index in [1.807, 2.05) is 18.2 Å². The largest absolute Gasteiger partial charge is 0.497 e. The quantitative estimate of drug-likeness (QED) is 0.815. The maximum absolute atomic E-state index is 13.1. The van der Waals surface area contributed by atoms with Crippen LogP contribution in [-0.4, -0.2) is 45.7 Å². The van der Waals surface area contributed by atoms with E-state index in [0.717, 1.165) is 41.3 Å². The van der Waals surface area contributed by atoms with Gasteiger partial charge in [0.1, 0.15) is 5.75 Å². The zero-order valence-corrected chi connectivity index (χ0v) is 16.2. The van der Waals surface area contributed by atoms with Crippen molar-refractivity contribution < 1.29 is 9.53 Å². The summed E-state index contributed by atoms with van der Waals surface area (Å²) in [7, 11) is 1.65. The summed E-state index contributed by atoms with van der Waals surface area (Å²) in [6.07, 6.45) is 3.43. The van der Waals surface area contributed by atoms with Crippen LogP contribution in [0.5, 0.6) is 5.75 Å². The van der Waals surface area contributed by atoms with Gasteiger partial charge in [-0.2, -0.15) is 0 Å². The van der Waals surface area contributed by atoms with Gasteiger partial charge in [-0.1, -0.05) is 25.6 Å². The second-order valence-electron chi connectivity index (χ2n) is 7.08. The summed E-state index contributed by atoms with van der Waals surface area (Å²) in [4.78, 5) is 23.1. The minimum Gasteiger partial charge on any atom is -0.497 e. The Bertz CT molecular complexity index is 743. The highest BCUT2D eigenvalue weighted by Crippen LogP contribution is 2.31. The number of methoxy groups -OCH3 is 1. The molecule has 5 nitrogen and oxygen atoms in total. The third-order valence-electron chi connectivity index (χ3n) is 4.84. The number of likely N-dealkylation sites (tertiary alicyclic amines) is 1. The molecular formula is C19H27N3O2S. The summed E-state index contributed by atoms with van der Waals surface area (Å²) in [5, 5.41) is 0.669. The number of ether oxygens (including phenoxy) is 1. The molecular weight excluding hydrogens is 334 g/mol. The molecule has 1 aliphatic rings. The Morgan fingerprint density at radius 1 is 1.40 bits per heavy atom. The molecule has 1 fully saturated rings. The third kappa shape index (κ3) is 3.94. The smallest absolute Gasteiger partial charge is 0.236 e. The van der Waals surface area contributed by atoms with E-state index in [4.69, 9.17) is 4.74 Å². The monoisotopic (exact) mass is 361 g/mol. The average molecular weight is 362 g/mol. The van der Waals surface area contributed by atoms with Crippen LogP contribution in [0, 0.1) is 5.92 Å². The van der Waals surface area contributed by atoms with Crippen molar-refractivity contribution >= 4 is 28.7 Å². The molecule has 136 valence electrons. The van der Waals surface area contributed by atoms with E-state index in [9.17, 15) is 4.79 Å². The molecule has 0 spiro atoms. The van der Waals surface area contributed by atoms with E-state index >= 15 is 0 Å². The predicted octanol–water partition coefficient (Wildman–Crippen LogP) is 4.09. The van der Waals surface area contributed by atoms with Gasteiger partial charge in [0.15, 0.2) is 5.16 Å². The number of carbonyl (C=O) groups excluding carboxylic acids is 1. The Labute approximate surface area is 153 Å². The van der Waals surface area contributed by atoms with E-state index < -0.39 is 0 Å². The number of hydrogen-bond donors (Lipinski definition) is 1. The van der Waals surface area contributed by atoms with Crippen molar-refractivity contribution in [3.63, 3.8) is 0 Å². The van der Waals surface area contributed by atoms with Crippen molar-refractivity contribution in [2.45, 2.75) is 56.5 Å². The number of thioether (sulfide) groups is 1. The van der Waals surface area contributed by atoms with Crippen molar-refractivity contribution in [2.75, 3.05) is 13.7 Å². The van der Waals surface area contributed by atoms with Crippen molar-refractivity contribution in [3.8, 4) is 5.75 Å². The third-order valence-corrected chi connectivity index (χ3v) is 6.26. The summed E-state index contributed by atoms with van der Waals surface area (Å²) >= 11 is 1.54. The number of hydrogen-bond acceptors (Lipinski definition) is 4. The second-order valence-corrected chi connectivity index (χ2v) is 8.21. The van der Waals surface area contributed by atoms with Gasteiger partial charge in [0.05, 0.1) is 23.4 Å². The number of amides is 1. The summed E-state index contributed by atoms with van der Waals surface area (Å²) in [5.41, 5.74) is 1.83. The minimum absolute atomic E-state index is 0.122. The molecule has 1 aromatic heterocycles. The Hall–Kier alpha value is -1.69. The number of imidazole rings is 1. The molecule has 1 aliphatic heterocycles. The zero-order valence-electron chi connectivity index (χ0n) is 15.4. The molecule has 1 amide bonds. The number of carbonyl (C=O) groups is 1. The number of aromatic nitrogens is 2. The lowest BCUT2D eigenvalue weighted by Gasteiger charge is -2.36. The van der Waals surface area contributed by atoms with Crippen molar-refractivity contribution in [1.29, 1.82) is 0 Å². The Balaban J connectivity index is 1.80. The van der Waals surface area contributed by atoms with E-state index in [1.165, 1.54) is 6.42 Å². The van der Waals surface area contributed by atoms with Gasteiger partial charge in [-0.25, -0.2) is 4.98 Å². The van der Waals surface area contributed by atoms with Crippen LogP contribution in [0.4, 0.5) is 0 Å². The highest BCUT2D eigenvalue weighted by atomic mass is 32.2. The van der Waals surface area contributed by atoms with Crippen LogP contribution >= 0.6 is 11.8 Å². The summed E-state index contributed by atoms with van der Waals surface area (Å²) < 4.78 is 5.26. The molecule has 2 heterocycles. The molecule has 2 aromatic rings. The standard InChI is InChI=1S/C19H27N3O2S/c1-12(2)17(18(23)22-10-6-5-7-13(22)3)25-19-20-15-9-8-14(24-4)11-16(15)21-19/h8-9,11-13,17H,5-7,10H2,1-4H3,(H,20,21)/t13-,17-/m0/s1. The highest BCUT2D eigenvalue weighted by molar-refractivity contribution is 8.00. The lowest BCUT2D eigenvalue weighted by molar-refractivity contribution is -0.134. The normalized spacial score (nSPS) is 19.4. The van der Waals surface area contributed by atoms with Crippen LogP contribution < -0.4 is 4.74 Å². The first-order valence-corrected chi connectivity index (χ1v) is 9.88. The first-order valence-electron chi connectivity index (χ1n) is 9.00. The Morgan fingerprint density at radius 3 is 2.88 bits per heavy atom. The van der Waals surface area contributed by atoms with Crippen LogP contribution in [0.1, 0.15) is 40.0 Å². The van der Waals surface area contributed by atoms with Gasteiger partial charge < -0.3 is 14.6 Å². The number of fused-ring (bicyclic) bond motifs is 1. The van der Waals surface area contributed by atoms with Crippen molar-refractivity contribution in [3.05, 3.63) is 18.2 Å². The van der Waals surface area contributed by atoms with Gasteiger partial charge in [0.2, 0.25) is 5.91 Å². The number of rotatable bonds is 5. The van der Waals surface area contributed by atoms with E-state index in [-0.39, 0.29) is 17.1 Å². The fraction of sp³-hybridized carbons (Fsp3) is 0.579. The van der Waals surface area contributed by atoms with Crippen LogP contribution in [0.25, 0.3) is 11.0 Å². The van der Waals surface area contributed by atoms with Crippen LogP contribution in [0.3, 0.4) is 0 Å². The Kier molecular flexibility index (Phi) is 5.57.